The highest BCUT2D eigenvalue weighted by atomic mass is 32.2. The molecule has 0 unspecified atom stereocenters. The molecule has 6 nitrogen and oxygen atoms in total. The van der Waals surface area contributed by atoms with Crippen LogP contribution in [0.2, 0.25) is 0 Å². The van der Waals surface area contributed by atoms with Crippen LogP contribution in [-0.4, -0.2) is 29.9 Å². The molecule has 2 N–H and O–H groups in total. The first-order chi connectivity index (χ1) is 9.44. The largest absolute Gasteiger partial charge is 0.394 e. The Balaban J connectivity index is 2.31. The summed E-state index contributed by atoms with van der Waals surface area (Å²) in [5.74, 6) is -2.03. The Hall–Kier alpha value is -2.00. The number of para-hydroxylation sites is 1. The average Bonchev–Trinajstić information content (AvgIpc) is 2.84. The van der Waals surface area contributed by atoms with Gasteiger partial charge in [0, 0.05) is 6.20 Å². The van der Waals surface area contributed by atoms with E-state index in [-0.39, 0.29) is 18.0 Å². The van der Waals surface area contributed by atoms with Gasteiger partial charge in [-0.25, -0.2) is 17.2 Å². The Morgan fingerprint density at radius 3 is 2.55 bits per heavy atom. The van der Waals surface area contributed by atoms with E-state index in [0.717, 1.165) is 30.6 Å². The minimum Gasteiger partial charge on any atom is -0.394 e. The number of nitrogens with one attached hydrogen (secondary N) is 1. The number of halogens is 2. The number of benzene rings is 1. The summed E-state index contributed by atoms with van der Waals surface area (Å²) in [4.78, 5) is -0.256. The quantitative estimate of drug-likeness (QED) is 0.861. The summed E-state index contributed by atoms with van der Waals surface area (Å²) in [5, 5.41) is 12.4. The number of aromatic nitrogens is 2. The Kier molecular flexibility index (Phi) is 4.00. The number of sulfonamides is 1. The first kappa shape index (κ1) is 14.4. The third-order valence-electron chi connectivity index (χ3n) is 2.45. The lowest BCUT2D eigenvalue weighted by atomic mass is 10.3. The van der Waals surface area contributed by atoms with Gasteiger partial charge >= 0.3 is 0 Å². The SMILES string of the molecule is O=S(=O)(Nc1c(F)cccc1F)c1cnn(CCO)c1. The highest BCUT2D eigenvalue weighted by Gasteiger charge is 2.20. The van der Waals surface area contributed by atoms with Crippen LogP contribution in [0.5, 0.6) is 0 Å². The van der Waals surface area contributed by atoms with Crippen molar-refractivity contribution in [1.29, 1.82) is 0 Å². The Morgan fingerprint density at radius 2 is 1.95 bits per heavy atom. The normalized spacial score (nSPS) is 11.6. The van der Waals surface area contributed by atoms with E-state index in [2.05, 4.69) is 5.10 Å². The van der Waals surface area contributed by atoms with Crippen LogP contribution in [0.3, 0.4) is 0 Å². The molecule has 0 aliphatic rings. The van der Waals surface area contributed by atoms with Crippen LogP contribution in [0.1, 0.15) is 0 Å². The summed E-state index contributed by atoms with van der Waals surface area (Å²) in [5.41, 5.74) is -0.748. The van der Waals surface area contributed by atoms with E-state index in [0.29, 0.717) is 0 Å². The lowest BCUT2D eigenvalue weighted by Gasteiger charge is -2.08. The first-order valence-corrected chi connectivity index (χ1v) is 7.02. The van der Waals surface area contributed by atoms with Gasteiger partial charge < -0.3 is 5.11 Å². The second kappa shape index (κ2) is 5.55. The second-order valence-corrected chi connectivity index (χ2v) is 5.55. The van der Waals surface area contributed by atoms with Crippen LogP contribution in [0.25, 0.3) is 0 Å². The topological polar surface area (TPSA) is 84.2 Å². The zero-order chi connectivity index (χ0) is 14.8. The van der Waals surface area contributed by atoms with Crippen molar-refractivity contribution in [1.82, 2.24) is 9.78 Å². The van der Waals surface area contributed by atoms with E-state index in [4.69, 9.17) is 5.11 Å². The maximum atomic E-state index is 13.4. The van der Waals surface area contributed by atoms with E-state index in [1.54, 1.807) is 0 Å². The Bertz CT molecular complexity index is 695. The summed E-state index contributed by atoms with van der Waals surface area (Å²) in [6.07, 6.45) is 2.17. The van der Waals surface area contributed by atoms with Crippen molar-refractivity contribution in [2.24, 2.45) is 0 Å². The van der Waals surface area contributed by atoms with E-state index < -0.39 is 27.3 Å². The summed E-state index contributed by atoms with van der Waals surface area (Å²) >= 11 is 0. The summed E-state index contributed by atoms with van der Waals surface area (Å²) in [6.45, 7) is -0.0971. The number of aliphatic hydroxyl groups is 1. The number of hydrogen-bond donors (Lipinski definition) is 2. The highest BCUT2D eigenvalue weighted by Crippen LogP contribution is 2.21. The number of nitrogens with zero attached hydrogens (tertiary/aromatic N) is 2. The molecule has 0 saturated carbocycles. The van der Waals surface area contributed by atoms with Crippen molar-refractivity contribution < 1.29 is 22.3 Å². The maximum absolute atomic E-state index is 13.4. The molecule has 2 aromatic rings. The van der Waals surface area contributed by atoms with Crippen molar-refractivity contribution in [3.8, 4) is 0 Å². The highest BCUT2D eigenvalue weighted by molar-refractivity contribution is 7.92. The molecule has 0 aliphatic carbocycles. The van der Waals surface area contributed by atoms with Gasteiger partial charge in [0.2, 0.25) is 0 Å². The van der Waals surface area contributed by atoms with Crippen molar-refractivity contribution in [2.75, 3.05) is 11.3 Å². The van der Waals surface area contributed by atoms with Gasteiger partial charge in [0.15, 0.2) is 0 Å². The lowest BCUT2D eigenvalue weighted by molar-refractivity contribution is 0.269. The summed E-state index contributed by atoms with van der Waals surface area (Å²) in [7, 11) is -4.15. The van der Waals surface area contributed by atoms with Crippen LogP contribution in [0.15, 0.2) is 35.5 Å². The predicted molar refractivity (Wildman–Crippen MR) is 66.5 cm³/mol. The molecule has 0 atom stereocenters. The fourth-order valence-electron chi connectivity index (χ4n) is 1.50. The molecule has 0 saturated heterocycles. The fraction of sp³-hybridized carbons (Fsp3) is 0.182. The molecule has 108 valence electrons. The van der Waals surface area contributed by atoms with Crippen molar-refractivity contribution in [2.45, 2.75) is 11.4 Å². The van der Waals surface area contributed by atoms with Gasteiger partial charge in [0.25, 0.3) is 10.0 Å². The van der Waals surface area contributed by atoms with Gasteiger partial charge in [-0.15, -0.1) is 0 Å². The van der Waals surface area contributed by atoms with Crippen LogP contribution in [-0.2, 0) is 16.6 Å². The van der Waals surface area contributed by atoms with Gasteiger partial charge in [-0.05, 0) is 12.1 Å². The van der Waals surface area contributed by atoms with Gasteiger partial charge in [-0.3, -0.25) is 9.40 Å². The van der Waals surface area contributed by atoms with Crippen LogP contribution in [0.4, 0.5) is 14.5 Å². The zero-order valence-corrected chi connectivity index (χ0v) is 10.9. The van der Waals surface area contributed by atoms with Gasteiger partial charge in [0.05, 0.1) is 19.3 Å². The number of hydrogen-bond acceptors (Lipinski definition) is 4. The molecule has 1 aromatic carbocycles. The minimum atomic E-state index is -4.15. The van der Waals surface area contributed by atoms with Crippen LogP contribution < -0.4 is 4.72 Å². The number of aliphatic hydroxyl groups excluding tert-OH is 1. The van der Waals surface area contributed by atoms with Crippen LogP contribution >= 0.6 is 0 Å². The Labute approximate surface area is 113 Å². The molecule has 1 heterocycles. The summed E-state index contributed by atoms with van der Waals surface area (Å²) < 4.78 is 53.8. The second-order valence-electron chi connectivity index (χ2n) is 3.86. The fourth-order valence-corrected chi connectivity index (χ4v) is 2.52. The molecule has 0 bridgehead atoms. The van der Waals surface area contributed by atoms with Gasteiger partial charge in [-0.2, -0.15) is 5.10 Å². The third kappa shape index (κ3) is 2.94. The molecule has 1 aromatic heterocycles. The molecule has 0 radical (unpaired) electrons. The molecular formula is C11H11F2N3O3S. The smallest absolute Gasteiger partial charge is 0.265 e. The third-order valence-corrected chi connectivity index (χ3v) is 3.75. The molecule has 0 fully saturated rings. The minimum absolute atomic E-state index is 0.115. The monoisotopic (exact) mass is 303 g/mol. The van der Waals surface area contributed by atoms with Crippen molar-refractivity contribution in [3.63, 3.8) is 0 Å². The molecular weight excluding hydrogens is 292 g/mol. The molecule has 2 rings (SSSR count). The molecule has 20 heavy (non-hydrogen) atoms. The Morgan fingerprint density at radius 1 is 1.30 bits per heavy atom. The van der Waals surface area contributed by atoms with Crippen molar-refractivity contribution in [3.05, 3.63) is 42.2 Å². The van der Waals surface area contributed by atoms with Crippen LogP contribution in [0, 0.1) is 11.6 Å². The molecule has 0 amide bonds. The van der Waals surface area contributed by atoms with E-state index in [1.165, 1.54) is 4.68 Å². The maximum Gasteiger partial charge on any atom is 0.265 e. The van der Waals surface area contributed by atoms with Gasteiger partial charge in [0.1, 0.15) is 22.2 Å². The van der Waals surface area contributed by atoms with E-state index in [9.17, 15) is 17.2 Å². The van der Waals surface area contributed by atoms with E-state index >= 15 is 0 Å². The zero-order valence-electron chi connectivity index (χ0n) is 10.1. The lowest BCUT2D eigenvalue weighted by Crippen LogP contribution is -2.14. The van der Waals surface area contributed by atoms with E-state index in [1.807, 2.05) is 4.72 Å². The molecule has 0 spiro atoms. The van der Waals surface area contributed by atoms with Gasteiger partial charge in [-0.1, -0.05) is 6.07 Å². The molecule has 0 aliphatic heterocycles. The van der Waals surface area contributed by atoms with Crippen molar-refractivity contribution >= 4 is 15.7 Å². The number of anilines is 1. The number of rotatable bonds is 5. The molecule has 9 heteroatoms. The predicted octanol–water partition coefficient (Wildman–Crippen LogP) is 0.954. The standard InChI is InChI=1S/C11H11F2N3O3S/c12-9-2-1-3-10(13)11(9)15-20(18,19)8-6-14-16(7-8)4-5-17/h1-3,6-7,15,17H,4-5H2. The summed E-state index contributed by atoms with van der Waals surface area (Å²) in [6, 6.07) is 3.01. The average molecular weight is 303 g/mol. The first-order valence-electron chi connectivity index (χ1n) is 5.54.